The number of anilines is 1. The van der Waals surface area contributed by atoms with Crippen molar-refractivity contribution in [2.75, 3.05) is 18.5 Å². The van der Waals surface area contributed by atoms with Crippen LogP contribution in [0.1, 0.15) is 6.92 Å². The molecule has 0 radical (unpaired) electrons. The van der Waals surface area contributed by atoms with E-state index in [9.17, 15) is 15.2 Å². The lowest BCUT2D eigenvalue weighted by Crippen LogP contribution is -2.37. The lowest BCUT2D eigenvalue weighted by atomic mass is 10.1. The van der Waals surface area contributed by atoms with E-state index in [-0.39, 0.29) is 24.4 Å². The Bertz CT molecular complexity index is 643. The SMILES string of the molecule is CC(O)(CO)CNc1ccc([N+](=O)[O-])c2ncccc12. The fourth-order valence-corrected chi connectivity index (χ4v) is 1.80. The standard InChI is InChI=1S/C13H15N3O4/c1-13(18,8-17)7-15-10-4-5-11(16(19)20)12-9(10)3-2-6-14-12/h2-6,15,17-18H,7-8H2,1H3. The van der Waals surface area contributed by atoms with E-state index < -0.39 is 10.5 Å². The van der Waals surface area contributed by atoms with E-state index in [4.69, 9.17) is 5.11 Å². The molecule has 20 heavy (non-hydrogen) atoms. The van der Waals surface area contributed by atoms with Gasteiger partial charge in [0.2, 0.25) is 0 Å². The van der Waals surface area contributed by atoms with Gasteiger partial charge in [0.25, 0.3) is 5.69 Å². The van der Waals surface area contributed by atoms with Crippen LogP contribution in [0.25, 0.3) is 10.9 Å². The Kier molecular flexibility index (Phi) is 3.82. The summed E-state index contributed by atoms with van der Waals surface area (Å²) in [5.74, 6) is 0. The summed E-state index contributed by atoms with van der Waals surface area (Å²) >= 11 is 0. The Hall–Kier alpha value is -2.25. The van der Waals surface area contributed by atoms with Crippen molar-refractivity contribution in [2.24, 2.45) is 0 Å². The Morgan fingerprint density at radius 3 is 2.85 bits per heavy atom. The van der Waals surface area contributed by atoms with Gasteiger partial charge in [-0.15, -0.1) is 0 Å². The highest BCUT2D eigenvalue weighted by atomic mass is 16.6. The summed E-state index contributed by atoms with van der Waals surface area (Å²) in [5.41, 5.74) is -0.435. The van der Waals surface area contributed by atoms with Crippen LogP contribution in [0.4, 0.5) is 11.4 Å². The van der Waals surface area contributed by atoms with E-state index in [0.717, 1.165) is 0 Å². The van der Waals surface area contributed by atoms with Crippen LogP contribution in [-0.4, -0.2) is 38.9 Å². The molecule has 0 amide bonds. The van der Waals surface area contributed by atoms with E-state index in [0.29, 0.717) is 11.1 Å². The van der Waals surface area contributed by atoms with Gasteiger partial charge in [-0.1, -0.05) is 0 Å². The summed E-state index contributed by atoms with van der Waals surface area (Å²) in [7, 11) is 0. The number of fused-ring (bicyclic) bond motifs is 1. The summed E-state index contributed by atoms with van der Waals surface area (Å²) < 4.78 is 0. The molecule has 0 saturated heterocycles. The van der Waals surface area contributed by atoms with Crippen molar-refractivity contribution in [1.82, 2.24) is 4.98 Å². The molecule has 1 atom stereocenters. The molecular formula is C13H15N3O4. The van der Waals surface area contributed by atoms with Gasteiger partial charge >= 0.3 is 0 Å². The molecule has 7 nitrogen and oxygen atoms in total. The predicted octanol–water partition coefficient (Wildman–Crippen LogP) is 1.30. The number of nitrogens with zero attached hydrogens (tertiary/aromatic N) is 2. The quantitative estimate of drug-likeness (QED) is 0.561. The van der Waals surface area contributed by atoms with E-state index in [2.05, 4.69) is 10.3 Å². The summed E-state index contributed by atoms with van der Waals surface area (Å²) in [6.07, 6.45) is 1.49. The van der Waals surface area contributed by atoms with Crippen LogP contribution in [0.2, 0.25) is 0 Å². The molecule has 1 aromatic carbocycles. The molecule has 2 aromatic rings. The molecule has 0 spiro atoms. The first-order chi connectivity index (χ1) is 9.44. The number of nitro groups is 1. The van der Waals surface area contributed by atoms with E-state index >= 15 is 0 Å². The lowest BCUT2D eigenvalue weighted by molar-refractivity contribution is -0.383. The summed E-state index contributed by atoms with van der Waals surface area (Å²) in [6.45, 7) is 1.22. The maximum atomic E-state index is 11.0. The molecule has 0 aliphatic rings. The minimum absolute atomic E-state index is 0.0694. The van der Waals surface area contributed by atoms with Gasteiger partial charge in [0.1, 0.15) is 11.1 Å². The lowest BCUT2D eigenvalue weighted by Gasteiger charge is -2.21. The molecule has 3 N–H and O–H groups in total. The molecular weight excluding hydrogens is 262 g/mol. The van der Waals surface area contributed by atoms with Crippen molar-refractivity contribution in [1.29, 1.82) is 0 Å². The van der Waals surface area contributed by atoms with Crippen molar-refractivity contribution >= 4 is 22.3 Å². The molecule has 1 aromatic heterocycles. The Morgan fingerprint density at radius 2 is 2.20 bits per heavy atom. The average Bonchev–Trinajstić information content (AvgIpc) is 2.44. The van der Waals surface area contributed by atoms with Crippen LogP contribution in [0, 0.1) is 10.1 Å². The van der Waals surface area contributed by atoms with Crippen LogP contribution >= 0.6 is 0 Å². The highest BCUT2D eigenvalue weighted by Gasteiger charge is 2.20. The van der Waals surface area contributed by atoms with Crippen molar-refractivity contribution in [3.8, 4) is 0 Å². The molecule has 0 saturated carbocycles. The minimum atomic E-state index is -1.27. The number of aliphatic hydroxyl groups excluding tert-OH is 1. The van der Waals surface area contributed by atoms with Gasteiger partial charge in [-0.2, -0.15) is 0 Å². The van der Waals surface area contributed by atoms with Crippen molar-refractivity contribution in [2.45, 2.75) is 12.5 Å². The normalized spacial score (nSPS) is 13.9. The monoisotopic (exact) mass is 277 g/mol. The van der Waals surface area contributed by atoms with Crippen molar-refractivity contribution < 1.29 is 15.1 Å². The zero-order valence-corrected chi connectivity index (χ0v) is 10.9. The third kappa shape index (κ3) is 2.84. The van der Waals surface area contributed by atoms with Crippen LogP contribution in [0.3, 0.4) is 0 Å². The molecule has 0 fully saturated rings. The van der Waals surface area contributed by atoms with E-state index in [1.165, 1.54) is 19.2 Å². The molecule has 2 rings (SSSR count). The predicted molar refractivity (Wildman–Crippen MR) is 74.6 cm³/mol. The first kappa shape index (κ1) is 14.2. The van der Waals surface area contributed by atoms with Crippen LogP contribution < -0.4 is 5.32 Å². The summed E-state index contributed by atoms with van der Waals surface area (Å²) in [6, 6.07) is 6.33. The molecule has 7 heteroatoms. The highest BCUT2D eigenvalue weighted by Crippen LogP contribution is 2.29. The zero-order chi connectivity index (χ0) is 14.8. The van der Waals surface area contributed by atoms with Crippen molar-refractivity contribution in [3.05, 3.63) is 40.6 Å². The van der Waals surface area contributed by atoms with Gasteiger partial charge in [0, 0.05) is 29.9 Å². The Morgan fingerprint density at radius 1 is 1.45 bits per heavy atom. The van der Waals surface area contributed by atoms with Gasteiger partial charge in [0.05, 0.1) is 11.5 Å². The number of pyridine rings is 1. The van der Waals surface area contributed by atoms with Crippen LogP contribution in [0.15, 0.2) is 30.5 Å². The number of non-ortho nitro benzene ring substituents is 1. The first-order valence-corrected chi connectivity index (χ1v) is 6.04. The second kappa shape index (κ2) is 5.40. The second-order valence-electron chi connectivity index (χ2n) is 4.80. The zero-order valence-electron chi connectivity index (χ0n) is 10.9. The third-order valence-electron chi connectivity index (χ3n) is 2.95. The number of nitrogens with one attached hydrogen (secondary N) is 1. The number of hydrogen-bond donors (Lipinski definition) is 3. The number of aromatic nitrogens is 1. The van der Waals surface area contributed by atoms with Gasteiger partial charge < -0.3 is 15.5 Å². The number of nitro benzene ring substituents is 1. The van der Waals surface area contributed by atoms with Crippen molar-refractivity contribution in [3.63, 3.8) is 0 Å². The smallest absolute Gasteiger partial charge is 0.295 e. The summed E-state index contributed by atoms with van der Waals surface area (Å²) in [4.78, 5) is 14.5. The maximum absolute atomic E-state index is 11.0. The number of aliphatic hydroxyl groups is 2. The average molecular weight is 277 g/mol. The number of rotatable bonds is 5. The molecule has 0 bridgehead atoms. The molecule has 0 aliphatic carbocycles. The molecule has 106 valence electrons. The highest BCUT2D eigenvalue weighted by molar-refractivity contribution is 5.96. The fourth-order valence-electron chi connectivity index (χ4n) is 1.80. The molecule has 1 unspecified atom stereocenters. The second-order valence-corrected chi connectivity index (χ2v) is 4.80. The molecule has 0 aliphatic heterocycles. The third-order valence-corrected chi connectivity index (χ3v) is 2.95. The van der Waals surface area contributed by atoms with Gasteiger partial charge in [-0.3, -0.25) is 10.1 Å². The van der Waals surface area contributed by atoms with Crippen LogP contribution in [-0.2, 0) is 0 Å². The number of hydrogen-bond acceptors (Lipinski definition) is 6. The summed E-state index contributed by atoms with van der Waals surface area (Å²) in [5, 5.41) is 33.3. The Labute approximate surface area is 115 Å². The Balaban J connectivity index is 2.41. The minimum Gasteiger partial charge on any atom is -0.393 e. The van der Waals surface area contributed by atoms with Gasteiger partial charge in [-0.05, 0) is 25.1 Å². The van der Waals surface area contributed by atoms with E-state index in [1.807, 2.05) is 0 Å². The van der Waals surface area contributed by atoms with E-state index in [1.54, 1.807) is 18.2 Å². The van der Waals surface area contributed by atoms with Crippen LogP contribution in [0.5, 0.6) is 0 Å². The van der Waals surface area contributed by atoms with Gasteiger partial charge in [0.15, 0.2) is 0 Å². The molecule has 1 heterocycles. The van der Waals surface area contributed by atoms with Gasteiger partial charge in [-0.25, -0.2) is 4.98 Å². The topological polar surface area (TPSA) is 109 Å². The first-order valence-electron chi connectivity index (χ1n) is 6.04. The number of benzene rings is 1. The maximum Gasteiger partial charge on any atom is 0.295 e. The fraction of sp³-hybridized carbons (Fsp3) is 0.308. The largest absolute Gasteiger partial charge is 0.393 e.